The van der Waals surface area contributed by atoms with Crippen LogP contribution in [-0.4, -0.2) is 50.2 Å². The Hall–Kier alpha value is -0.610. The lowest BCUT2D eigenvalue weighted by Gasteiger charge is -2.30. The highest BCUT2D eigenvalue weighted by atomic mass is 16.5. The standard InChI is InChI=1S/C14H28N2O2/c1-12(2)11-16(13-6-4-5-7-13)14(17)10-15-8-9-18-3/h12-13,15H,4-11H2,1-3H3. The summed E-state index contributed by atoms with van der Waals surface area (Å²) in [5.74, 6) is 0.778. The molecule has 0 aliphatic heterocycles. The average molecular weight is 256 g/mol. The maximum atomic E-state index is 12.3. The molecular formula is C14H28N2O2. The summed E-state index contributed by atoms with van der Waals surface area (Å²) >= 11 is 0. The van der Waals surface area contributed by atoms with Gasteiger partial charge in [0.1, 0.15) is 0 Å². The molecule has 0 aromatic carbocycles. The number of carbonyl (C=O) groups excluding carboxylic acids is 1. The summed E-state index contributed by atoms with van der Waals surface area (Å²) in [4.78, 5) is 14.3. The van der Waals surface area contributed by atoms with Crippen molar-refractivity contribution in [1.29, 1.82) is 0 Å². The molecule has 0 atom stereocenters. The van der Waals surface area contributed by atoms with Gasteiger partial charge in [0.25, 0.3) is 0 Å². The van der Waals surface area contributed by atoms with E-state index >= 15 is 0 Å². The summed E-state index contributed by atoms with van der Waals surface area (Å²) < 4.78 is 4.96. The lowest BCUT2D eigenvalue weighted by Crippen LogP contribution is -2.45. The first kappa shape index (κ1) is 15.4. The van der Waals surface area contributed by atoms with Crippen LogP contribution in [0.25, 0.3) is 0 Å². The molecule has 1 fully saturated rings. The molecule has 1 saturated carbocycles. The summed E-state index contributed by atoms with van der Waals surface area (Å²) in [6.45, 7) is 7.06. The quantitative estimate of drug-likeness (QED) is 0.671. The monoisotopic (exact) mass is 256 g/mol. The van der Waals surface area contributed by atoms with Crippen molar-refractivity contribution in [2.75, 3.05) is 33.4 Å². The van der Waals surface area contributed by atoms with Crippen LogP contribution >= 0.6 is 0 Å². The number of amides is 1. The van der Waals surface area contributed by atoms with Gasteiger partial charge in [0.2, 0.25) is 5.91 Å². The molecule has 106 valence electrons. The van der Waals surface area contributed by atoms with Crippen LogP contribution in [-0.2, 0) is 9.53 Å². The number of rotatable bonds is 8. The second-order valence-corrected chi connectivity index (χ2v) is 5.55. The Bertz CT molecular complexity index is 238. The normalized spacial score (nSPS) is 16.4. The molecule has 0 aromatic rings. The van der Waals surface area contributed by atoms with Gasteiger partial charge in [-0.3, -0.25) is 4.79 Å². The average Bonchev–Trinajstić information content (AvgIpc) is 2.84. The Kier molecular flexibility index (Phi) is 7.28. The van der Waals surface area contributed by atoms with Crippen LogP contribution in [0.5, 0.6) is 0 Å². The molecule has 4 nitrogen and oxygen atoms in total. The highest BCUT2D eigenvalue weighted by Crippen LogP contribution is 2.24. The van der Waals surface area contributed by atoms with Crippen LogP contribution in [0.1, 0.15) is 39.5 Å². The van der Waals surface area contributed by atoms with Gasteiger partial charge in [0, 0.05) is 26.2 Å². The number of methoxy groups -OCH3 is 1. The largest absolute Gasteiger partial charge is 0.383 e. The minimum absolute atomic E-state index is 0.242. The summed E-state index contributed by atoms with van der Waals surface area (Å²) in [5, 5.41) is 3.15. The van der Waals surface area contributed by atoms with Crippen LogP contribution in [0.4, 0.5) is 0 Å². The van der Waals surface area contributed by atoms with Gasteiger partial charge in [-0.05, 0) is 18.8 Å². The summed E-state index contributed by atoms with van der Waals surface area (Å²) in [5.41, 5.74) is 0. The maximum Gasteiger partial charge on any atom is 0.236 e. The van der Waals surface area contributed by atoms with Crippen LogP contribution < -0.4 is 5.32 Å². The number of nitrogens with one attached hydrogen (secondary N) is 1. The molecule has 1 amide bonds. The topological polar surface area (TPSA) is 41.6 Å². The van der Waals surface area contributed by atoms with E-state index in [1.807, 2.05) is 0 Å². The number of hydrogen-bond acceptors (Lipinski definition) is 3. The molecule has 1 aliphatic rings. The summed E-state index contributed by atoms with van der Waals surface area (Å²) in [6, 6.07) is 0.476. The third-order valence-electron chi connectivity index (χ3n) is 3.41. The minimum atomic E-state index is 0.242. The molecule has 0 unspecified atom stereocenters. The molecule has 4 heteroatoms. The zero-order valence-electron chi connectivity index (χ0n) is 12.1. The maximum absolute atomic E-state index is 12.3. The number of hydrogen-bond donors (Lipinski definition) is 1. The third kappa shape index (κ3) is 5.36. The molecule has 0 radical (unpaired) electrons. The van der Waals surface area contributed by atoms with E-state index in [0.29, 0.717) is 25.1 Å². The van der Waals surface area contributed by atoms with Crippen molar-refractivity contribution >= 4 is 5.91 Å². The highest BCUT2D eigenvalue weighted by molar-refractivity contribution is 5.78. The van der Waals surface area contributed by atoms with Crippen molar-refractivity contribution in [1.82, 2.24) is 10.2 Å². The lowest BCUT2D eigenvalue weighted by atomic mass is 10.1. The number of ether oxygens (including phenoxy) is 1. The molecule has 0 saturated heterocycles. The minimum Gasteiger partial charge on any atom is -0.383 e. The van der Waals surface area contributed by atoms with Crippen molar-refractivity contribution in [2.24, 2.45) is 5.92 Å². The predicted octanol–water partition coefficient (Wildman–Crippen LogP) is 1.65. The van der Waals surface area contributed by atoms with E-state index in [2.05, 4.69) is 24.1 Å². The number of nitrogens with zero attached hydrogens (tertiary/aromatic N) is 1. The zero-order valence-corrected chi connectivity index (χ0v) is 12.1. The Labute approximate surface area is 111 Å². The van der Waals surface area contributed by atoms with Crippen molar-refractivity contribution in [3.05, 3.63) is 0 Å². The van der Waals surface area contributed by atoms with Gasteiger partial charge >= 0.3 is 0 Å². The molecule has 0 heterocycles. The van der Waals surface area contributed by atoms with Crippen molar-refractivity contribution in [3.8, 4) is 0 Å². The van der Waals surface area contributed by atoms with Gasteiger partial charge in [0.15, 0.2) is 0 Å². The van der Waals surface area contributed by atoms with Gasteiger partial charge in [-0.2, -0.15) is 0 Å². The van der Waals surface area contributed by atoms with Gasteiger partial charge in [0.05, 0.1) is 13.2 Å². The van der Waals surface area contributed by atoms with Crippen LogP contribution in [0.15, 0.2) is 0 Å². The fourth-order valence-electron chi connectivity index (χ4n) is 2.53. The second kappa shape index (κ2) is 8.48. The van der Waals surface area contributed by atoms with Crippen molar-refractivity contribution < 1.29 is 9.53 Å². The second-order valence-electron chi connectivity index (χ2n) is 5.55. The fraction of sp³-hybridized carbons (Fsp3) is 0.929. The fourth-order valence-corrected chi connectivity index (χ4v) is 2.53. The zero-order chi connectivity index (χ0) is 13.4. The Morgan fingerprint density at radius 1 is 1.39 bits per heavy atom. The van der Waals surface area contributed by atoms with Crippen molar-refractivity contribution in [2.45, 2.75) is 45.6 Å². The van der Waals surface area contributed by atoms with E-state index in [9.17, 15) is 4.79 Å². The van der Waals surface area contributed by atoms with Crippen LogP contribution in [0.3, 0.4) is 0 Å². The summed E-state index contributed by atoms with van der Waals surface area (Å²) in [6.07, 6.45) is 4.89. The van der Waals surface area contributed by atoms with Crippen molar-refractivity contribution in [3.63, 3.8) is 0 Å². The summed E-state index contributed by atoms with van der Waals surface area (Å²) in [7, 11) is 1.67. The molecule has 1 rings (SSSR count). The first-order valence-corrected chi connectivity index (χ1v) is 7.14. The van der Waals surface area contributed by atoms with E-state index in [0.717, 1.165) is 13.1 Å². The molecule has 0 spiro atoms. The molecule has 1 aliphatic carbocycles. The molecule has 1 N–H and O–H groups in total. The Morgan fingerprint density at radius 3 is 2.61 bits per heavy atom. The molecule has 0 aromatic heterocycles. The van der Waals surface area contributed by atoms with E-state index in [1.54, 1.807) is 7.11 Å². The van der Waals surface area contributed by atoms with E-state index in [1.165, 1.54) is 25.7 Å². The highest BCUT2D eigenvalue weighted by Gasteiger charge is 2.26. The third-order valence-corrected chi connectivity index (χ3v) is 3.41. The molecule has 18 heavy (non-hydrogen) atoms. The van der Waals surface area contributed by atoms with E-state index in [4.69, 9.17) is 4.74 Å². The van der Waals surface area contributed by atoms with E-state index < -0.39 is 0 Å². The first-order valence-electron chi connectivity index (χ1n) is 7.14. The van der Waals surface area contributed by atoms with Crippen LogP contribution in [0, 0.1) is 5.92 Å². The van der Waals surface area contributed by atoms with E-state index in [-0.39, 0.29) is 5.91 Å². The van der Waals surface area contributed by atoms with Crippen LogP contribution in [0.2, 0.25) is 0 Å². The number of carbonyl (C=O) groups is 1. The Morgan fingerprint density at radius 2 is 2.06 bits per heavy atom. The van der Waals surface area contributed by atoms with Gasteiger partial charge < -0.3 is 15.0 Å². The predicted molar refractivity (Wildman–Crippen MR) is 73.6 cm³/mol. The van der Waals surface area contributed by atoms with Gasteiger partial charge in [-0.1, -0.05) is 26.7 Å². The lowest BCUT2D eigenvalue weighted by molar-refractivity contribution is -0.133. The smallest absolute Gasteiger partial charge is 0.236 e. The molecular weight excluding hydrogens is 228 g/mol. The van der Waals surface area contributed by atoms with Gasteiger partial charge in [-0.15, -0.1) is 0 Å². The van der Waals surface area contributed by atoms with Gasteiger partial charge in [-0.25, -0.2) is 0 Å². The SMILES string of the molecule is COCCNCC(=O)N(CC(C)C)C1CCCC1. The molecule has 0 bridgehead atoms. The Balaban J connectivity index is 2.39. The first-order chi connectivity index (χ1) is 8.65.